The Bertz CT molecular complexity index is 423. The number of aryl methyl sites for hydroxylation is 1. The Labute approximate surface area is 99.6 Å². The van der Waals surface area contributed by atoms with E-state index in [4.69, 9.17) is 31.4 Å². The highest BCUT2D eigenvalue weighted by molar-refractivity contribution is 5.79. The van der Waals surface area contributed by atoms with Gasteiger partial charge in [0.05, 0.1) is 0 Å². The van der Waals surface area contributed by atoms with Gasteiger partial charge in [0.2, 0.25) is 0 Å². The largest absolute Gasteiger partial charge is 0.473 e. The smallest absolute Gasteiger partial charge is 0.188 e. The topological polar surface area (TPSA) is 106 Å². The van der Waals surface area contributed by atoms with Crippen molar-refractivity contribution in [3.8, 4) is 11.5 Å². The molecule has 0 amide bonds. The lowest BCUT2D eigenvalue weighted by molar-refractivity contribution is 0.0515. The average Bonchev–Trinajstić information content (AvgIpc) is 2.33. The zero-order valence-corrected chi connectivity index (χ0v) is 9.73. The van der Waals surface area contributed by atoms with Crippen LogP contribution in [0.2, 0.25) is 0 Å². The lowest BCUT2D eigenvalue weighted by Crippen LogP contribution is -2.31. The van der Waals surface area contributed by atoms with Crippen molar-refractivity contribution in [3.05, 3.63) is 11.6 Å². The van der Waals surface area contributed by atoms with E-state index in [0.29, 0.717) is 22.9 Å². The monoisotopic (exact) mass is 239 g/mol. The Morgan fingerprint density at radius 3 is 2.88 bits per heavy atom. The fraction of sp³-hybridized carbons (Fsp3) is 0.455. The molecule has 0 saturated heterocycles. The van der Waals surface area contributed by atoms with Crippen LogP contribution in [0.1, 0.15) is 12.0 Å². The maximum atomic E-state index is 5.91. The second-order valence-corrected chi connectivity index (χ2v) is 3.94. The van der Waals surface area contributed by atoms with Gasteiger partial charge in [0.25, 0.3) is 0 Å². The summed E-state index contributed by atoms with van der Waals surface area (Å²) in [5.74, 6) is 1.09. The predicted molar refractivity (Wildman–Crippen MR) is 64.7 cm³/mol. The molecule has 1 aromatic carbocycles. The SMILES string of the molecule is COCOc1cc2c(c(N)c1N)OC(N)CC2. The van der Waals surface area contributed by atoms with Crippen molar-refractivity contribution < 1.29 is 14.2 Å². The molecule has 0 aromatic heterocycles. The minimum Gasteiger partial charge on any atom is -0.473 e. The molecule has 94 valence electrons. The molecule has 1 atom stereocenters. The maximum Gasteiger partial charge on any atom is 0.188 e. The fourth-order valence-electron chi connectivity index (χ4n) is 1.80. The maximum absolute atomic E-state index is 5.91. The molecule has 0 fully saturated rings. The highest BCUT2D eigenvalue weighted by Gasteiger charge is 2.22. The first-order valence-corrected chi connectivity index (χ1v) is 5.38. The van der Waals surface area contributed by atoms with Crippen LogP contribution in [-0.4, -0.2) is 20.1 Å². The Balaban J connectivity index is 2.36. The third kappa shape index (κ3) is 2.22. The second-order valence-electron chi connectivity index (χ2n) is 3.94. The van der Waals surface area contributed by atoms with Crippen molar-refractivity contribution in [1.82, 2.24) is 0 Å². The molecule has 1 aliphatic rings. The van der Waals surface area contributed by atoms with Gasteiger partial charge >= 0.3 is 0 Å². The van der Waals surface area contributed by atoms with E-state index >= 15 is 0 Å². The zero-order chi connectivity index (χ0) is 12.4. The highest BCUT2D eigenvalue weighted by Crippen LogP contribution is 2.41. The summed E-state index contributed by atoms with van der Waals surface area (Å²) in [6, 6.07) is 1.83. The van der Waals surface area contributed by atoms with Crippen LogP contribution >= 0.6 is 0 Å². The lowest BCUT2D eigenvalue weighted by Gasteiger charge is -2.26. The molecule has 0 bridgehead atoms. The van der Waals surface area contributed by atoms with E-state index in [0.717, 1.165) is 18.4 Å². The van der Waals surface area contributed by atoms with Gasteiger partial charge in [0.1, 0.15) is 29.1 Å². The van der Waals surface area contributed by atoms with E-state index in [9.17, 15) is 0 Å². The van der Waals surface area contributed by atoms with Crippen LogP contribution in [0.4, 0.5) is 11.4 Å². The van der Waals surface area contributed by atoms with E-state index in [-0.39, 0.29) is 13.0 Å². The van der Waals surface area contributed by atoms with Crippen LogP contribution in [0, 0.1) is 0 Å². The number of methoxy groups -OCH3 is 1. The van der Waals surface area contributed by atoms with Crippen LogP contribution < -0.4 is 26.7 Å². The van der Waals surface area contributed by atoms with E-state index in [1.54, 1.807) is 7.11 Å². The summed E-state index contributed by atoms with van der Waals surface area (Å²) in [5.41, 5.74) is 19.2. The van der Waals surface area contributed by atoms with E-state index in [1.807, 2.05) is 6.07 Å². The van der Waals surface area contributed by atoms with Gasteiger partial charge < -0.3 is 25.7 Å². The zero-order valence-electron chi connectivity index (χ0n) is 9.73. The van der Waals surface area contributed by atoms with Crippen LogP contribution in [0.3, 0.4) is 0 Å². The molecule has 17 heavy (non-hydrogen) atoms. The standard InChI is InChI=1S/C11H17N3O3/c1-15-5-16-7-4-6-2-3-8(12)17-11(6)10(14)9(7)13/h4,8H,2-3,5,12-14H2,1H3. The van der Waals surface area contributed by atoms with Gasteiger partial charge in [-0.3, -0.25) is 5.73 Å². The summed E-state index contributed by atoms with van der Waals surface area (Å²) >= 11 is 0. The van der Waals surface area contributed by atoms with Crippen LogP contribution in [0.5, 0.6) is 11.5 Å². The summed E-state index contributed by atoms with van der Waals surface area (Å²) in [4.78, 5) is 0. The third-order valence-electron chi connectivity index (χ3n) is 2.70. The quantitative estimate of drug-likeness (QED) is 0.522. The Morgan fingerprint density at radius 2 is 2.18 bits per heavy atom. The van der Waals surface area contributed by atoms with E-state index in [2.05, 4.69) is 0 Å². The van der Waals surface area contributed by atoms with Crippen LogP contribution in [-0.2, 0) is 11.2 Å². The number of hydrogen-bond donors (Lipinski definition) is 3. The Hall–Kier alpha value is -1.66. The number of fused-ring (bicyclic) bond motifs is 1. The summed E-state index contributed by atoms with van der Waals surface area (Å²) in [5, 5.41) is 0. The number of hydrogen-bond acceptors (Lipinski definition) is 6. The fourth-order valence-corrected chi connectivity index (χ4v) is 1.80. The van der Waals surface area contributed by atoms with Crippen molar-refractivity contribution in [3.63, 3.8) is 0 Å². The summed E-state index contributed by atoms with van der Waals surface area (Å²) < 4.78 is 15.7. The number of anilines is 2. The van der Waals surface area contributed by atoms with Gasteiger partial charge in [0, 0.05) is 19.1 Å². The molecular weight excluding hydrogens is 222 g/mol. The van der Waals surface area contributed by atoms with Crippen LogP contribution in [0.15, 0.2) is 6.07 Å². The first-order chi connectivity index (χ1) is 8.13. The van der Waals surface area contributed by atoms with Gasteiger partial charge in [-0.15, -0.1) is 0 Å². The first kappa shape index (κ1) is 11.8. The number of rotatable bonds is 3. The molecule has 6 heteroatoms. The molecule has 2 rings (SSSR count). The molecule has 0 aliphatic carbocycles. The van der Waals surface area contributed by atoms with Gasteiger partial charge in [-0.1, -0.05) is 0 Å². The highest BCUT2D eigenvalue weighted by atomic mass is 16.7. The molecule has 0 spiro atoms. The van der Waals surface area contributed by atoms with Crippen LogP contribution in [0.25, 0.3) is 0 Å². The number of nitrogens with two attached hydrogens (primary N) is 3. The van der Waals surface area contributed by atoms with E-state index in [1.165, 1.54) is 0 Å². The Morgan fingerprint density at radius 1 is 1.41 bits per heavy atom. The van der Waals surface area contributed by atoms with Crippen molar-refractivity contribution >= 4 is 11.4 Å². The molecule has 1 aromatic rings. The van der Waals surface area contributed by atoms with Gasteiger partial charge in [0.15, 0.2) is 6.79 Å². The number of benzene rings is 1. The van der Waals surface area contributed by atoms with Crippen molar-refractivity contribution in [2.45, 2.75) is 19.1 Å². The van der Waals surface area contributed by atoms with Gasteiger partial charge in [-0.2, -0.15) is 0 Å². The van der Waals surface area contributed by atoms with E-state index < -0.39 is 0 Å². The normalized spacial score (nSPS) is 18.4. The second kappa shape index (κ2) is 4.68. The van der Waals surface area contributed by atoms with Crippen molar-refractivity contribution in [2.24, 2.45) is 5.73 Å². The average molecular weight is 239 g/mol. The minimum atomic E-state index is -0.324. The molecule has 6 N–H and O–H groups in total. The minimum absolute atomic E-state index is 0.128. The molecule has 6 nitrogen and oxygen atoms in total. The summed E-state index contributed by atoms with van der Waals surface area (Å²) in [6.45, 7) is 0.128. The van der Waals surface area contributed by atoms with Gasteiger partial charge in [-0.05, 0) is 12.5 Å². The molecule has 1 aliphatic heterocycles. The first-order valence-electron chi connectivity index (χ1n) is 5.38. The predicted octanol–water partition coefficient (Wildman–Crippen LogP) is 0.443. The number of nitrogen functional groups attached to an aromatic ring is 2. The molecule has 0 radical (unpaired) electrons. The summed E-state index contributed by atoms with van der Waals surface area (Å²) in [7, 11) is 1.54. The molecule has 1 unspecified atom stereocenters. The molecule has 0 saturated carbocycles. The molecule has 1 heterocycles. The summed E-state index contributed by atoms with van der Waals surface area (Å²) in [6.07, 6.45) is 1.22. The van der Waals surface area contributed by atoms with Crippen molar-refractivity contribution in [1.29, 1.82) is 0 Å². The van der Waals surface area contributed by atoms with Crippen molar-refractivity contribution in [2.75, 3.05) is 25.4 Å². The number of ether oxygens (including phenoxy) is 3. The van der Waals surface area contributed by atoms with Gasteiger partial charge in [-0.25, -0.2) is 0 Å². The third-order valence-corrected chi connectivity index (χ3v) is 2.70. The Kier molecular flexibility index (Phi) is 3.26. The molecular formula is C11H17N3O3. The lowest BCUT2D eigenvalue weighted by atomic mass is 10.0.